The van der Waals surface area contributed by atoms with Crippen molar-refractivity contribution in [3.05, 3.63) is 0 Å². The molecule has 3 heteroatoms. The van der Waals surface area contributed by atoms with E-state index in [2.05, 4.69) is 25.6 Å². The molecule has 0 aliphatic rings. The molecule has 0 spiro atoms. The minimum atomic E-state index is 0.752. The molecule has 1 nitrogen and oxygen atoms in total. The number of hydrogen-bond donors (Lipinski definition) is 1. The van der Waals surface area contributed by atoms with Gasteiger partial charge in [-0.3, -0.25) is 0 Å². The highest BCUT2D eigenvalue weighted by molar-refractivity contribution is 8.00. The van der Waals surface area contributed by atoms with Gasteiger partial charge in [0.1, 0.15) is 0 Å². The van der Waals surface area contributed by atoms with E-state index in [1.807, 2.05) is 11.8 Å². The summed E-state index contributed by atoms with van der Waals surface area (Å²) >= 11 is 4.09. The molecule has 0 radical (unpaired) electrons. The van der Waals surface area contributed by atoms with Crippen molar-refractivity contribution < 1.29 is 0 Å². The largest absolute Gasteiger partial charge is 0.330 e. The quantitative estimate of drug-likeness (QED) is 0.620. The minimum absolute atomic E-state index is 0.752. The van der Waals surface area contributed by atoms with Crippen molar-refractivity contribution in [3.8, 4) is 0 Å². The molecule has 0 heterocycles. The highest BCUT2D eigenvalue weighted by atomic mass is 32.2. The zero-order valence-corrected chi connectivity index (χ0v) is 9.85. The highest BCUT2D eigenvalue weighted by Crippen LogP contribution is 2.15. The van der Waals surface area contributed by atoms with Gasteiger partial charge in [0.15, 0.2) is 0 Å². The predicted molar refractivity (Wildman–Crippen MR) is 63.2 cm³/mol. The molecule has 1 unspecified atom stereocenters. The summed E-state index contributed by atoms with van der Waals surface area (Å²) in [5, 5.41) is 0.752. The van der Waals surface area contributed by atoms with Crippen molar-refractivity contribution >= 4 is 23.5 Å². The average molecular weight is 207 g/mol. The third-order valence-corrected chi connectivity index (χ3v) is 3.93. The Kier molecular flexibility index (Phi) is 10.3. The summed E-state index contributed by atoms with van der Waals surface area (Å²) in [5.41, 5.74) is 5.46. The van der Waals surface area contributed by atoms with Crippen LogP contribution in [0.3, 0.4) is 0 Å². The first-order valence-corrected chi connectivity index (χ1v) is 6.91. The first-order valence-electron chi connectivity index (χ1n) is 4.70. The van der Waals surface area contributed by atoms with Gasteiger partial charge in [0.25, 0.3) is 0 Å². The van der Waals surface area contributed by atoms with Crippen LogP contribution in [0.2, 0.25) is 0 Å². The summed E-state index contributed by atoms with van der Waals surface area (Å²) in [6, 6.07) is 0. The highest BCUT2D eigenvalue weighted by Gasteiger charge is 1.99. The maximum absolute atomic E-state index is 5.46. The molecule has 0 aliphatic heterocycles. The van der Waals surface area contributed by atoms with Gasteiger partial charge < -0.3 is 5.73 Å². The third-order valence-electron chi connectivity index (χ3n) is 1.61. The summed E-state index contributed by atoms with van der Waals surface area (Å²) in [6.45, 7) is 5.32. The monoisotopic (exact) mass is 207 g/mol. The molecule has 0 fully saturated rings. The molecule has 0 bridgehead atoms. The van der Waals surface area contributed by atoms with Gasteiger partial charge in [-0.05, 0) is 36.6 Å². The van der Waals surface area contributed by atoms with Gasteiger partial charge in [-0.15, -0.1) is 0 Å². The van der Waals surface area contributed by atoms with E-state index in [-0.39, 0.29) is 0 Å². The van der Waals surface area contributed by atoms with Gasteiger partial charge in [0.2, 0.25) is 0 Å². The van der Waals surface area contributed by atoms with Gasteiger partial charge in [-0.2, -0.15) is 23.5 Å². The SMILES string of the molecule is CCSCCCSC(C)CCN. The van der Waals surface area contributed by atoms with Crippen LogP contribution in [0.4, 0.5) is 0 Å². The lowest BCUT2D eigenvalue weighted by Crippen LogP contribution is -2.07. The zero-order chi connectivity index (χ0) is 9.23. The normalized spacial score (nSPS) is 13.2. The van der Waals surface area contributed by atoms with Gasteiger partial charge in [0, 0.05) is 5.25 Å². The Morgan fingerprint density at radius 1 is 1.33 bits per heavy atom. The van der Waals surface area contributed by atoms with E-state index in [0.717, 1.165) is 18.2 Å². The van der Waals surface area contributed by atoms with E-state index in [1.54, 1.807) is 0 Å². The molecule has 0 aromatic heterocycles. The predicted octanol–water partition coefficient (Wildman–Crippen LogP) is 2.60. The molecule has 0 aromatic carbocycles. The fourth-order valence-corrected chi connectivity index (χ4v) is 2.74. The van der Waals surface area contributed by atoms with Crippen LogP contribution in [0.5, 0.6) is 0 Å². The Labute approximate surface area is 85.2 Å². The smallest absolute Gasteiger partial charge is 0.00307 e. The summed E-state index contributed by atoms with van der Waals surface area (Å²) in [6.07, 6.45) is 2.50. The van der Waals surface area contributed by atoms with Crippen molar-refractivity contribution in [3.63, 3.8) is 0 Å². The second-order valence-electron chi connectivity index (χ2n) is 2.81. The van der Waals surface area contributed by atoms with Crippen molar-refractivity contribution in [1.82, 2.24) is 0 Å². The zero-order valence-electron chi connectivity index (χ0n) is 8.21. The van der Waals surface area contributed by atoms with Gasteiger partial charge >= 0.3 is 0 Å². The standard InChI is InChI=1S/C9H21NS2/c1-3-11-7-4-8-12-9(2)5-6-10/h9H,3-8,10H2,1-2H3. The molecular formula is C9H21NS2. The van der Waals surface area contributed by atoms with E-state index >= 15 is 0 Å². The Morgan fingerprint density at radius 3 is 2.67 bits per heavy atom. The number of rotatable bonds is 8. The Morgan fingerprint density at radius 2 is 2.08 bits per heavy atom. The lowest BCUT2D eigenvalue weighted by molar-refractivity contribution is 0.822. The van der Waals surface area contributed by atoms with E-state index in [4.69, 9.17) is 5.73 Å². The minimum Gasteiger partial charge on any atom is -0.330 e. The molecular weight excluding hydrogens is 186 g/mol. The van der Waals surface area contributed by atoms with Crippen LogP contribution in [0.15, 0.2) is 0 Å². The van der Waals surface area contributed by atoms with Gasteiger partial charge in [-0.25, -0.2) is 0 Å². The molecule has 0 aliphatic carbocycles. The van der Waals surface area contributed by atoms with Crippen LogP contribution in [0.1, 0.15) is 26.7 Å². The molecule has 0 rings (SSSR count). The molecule has 1 atom stereocenters. The fourth-order valence-electron chi connectivity index (χ4n) is 0.908. The Bertz CT molecular complexity index is 88.6. The van der Waals surface area contributed by atoms with E-state index < -0.39 is 0 Å². The van der Waals surface area contributed by atoms with Crippen LogP contribution in [-0.4, -0.2) is 29.1 Å². The second kappa shape index (κ2) is 9.75. The lowest BCUT2D eigenvalue weighted by Gasteiger charge is -2.08. The molecule has 74 valence electrons. The summed E-state index contributed by atoms with van der Waals surface area (Å²) in [5.74, 6) is 3.87. The Balaban J connectivity index is 2.97. The van der Waals surface area contributed by atoms with Crippen molar-refractivity contribution in [2.75, 3.05) is 23.8 Å². The summed E-state index contributed by atoms with van der Waals surface area (Å²) in [4.78, 5) is 0. The summed E-state index contributed by atoms with van der Waals surface area (Å²) in [7, 11) is 0. The first kappa shape index (κ1) is 12.7. The average Bonchev–Trinajstić information content (AvgIpc) is 2.05. The molecule has 0 amide bonds. The maximum atomic E-state index is 5.46. The van der Waals surface area contributed by atoms with E-state index in [9.17, 15) is 0 Å². The third kappa shape index (κ3) is 8.75. The van der Waals surface area contributed by atoms with E-state index in [0.29, 0.717) is 0 Å². The number of thioether (sulfide) groups is 2. The molecule has 12 heavy (non-hydrogen) atoms. The first-order chi connectivity index (χ1) is 5.81. The van der Waals surface area contributed by atoms with Crippen LogP contribution in [0, 0.1) is 0 Å². The van der Waals surface area contributed by atoms with Crippen LogP contribution in [-0.2, 0) is 0 Å². The van der Waals surface area contributed by atoms with Gasteiger partial charge in [0.05, 0.1) is 0 Å². The van der Waals surface area contributed by atoms with E-state index in [1.165, 1.54) is 23.7 Å². The lowest BCUT2D eigenvalue weighted by atomic mass is 10.3. The topological polar surface area (TPSA) is 26.0 Å². The van der Waals surface area contributed by atoms with Crippen molar-refractivity contribution in [2.24, 2.45) is 5.73 Å². The Hall–Kier alpha value is 0.660. The second-order valence-corrected chi connectivity index (χ2v) is 5.75. The number of hydrogen-bond acceptors (Lipinski definition) is 3. The molecule has 0 aromatic rings. The molecule has 2 N–H and O–H groups in total. The fraction of sp³-hybridized carbons (Fsp3) is 1.00. The van der Waals surface area contributed by atoms with Crippen LogP contribution >= 0.6 is 23.5 Å². The van der Waals surface area contributed by atoms with Crippen LogP contribution < -0.4 is 5.73 Å². The summed E-state index contributed by atoms with van der Waals surface area (Å²) < 4.78 is 0. The molecule has 0 saturated heterocycles. The van der Waals surface area contributed by atoms with Gasteiger partial charge in [-0.1, -0.05) is 13.8 Å². The maximum Gasteiger partial charge on any atom is 0.00307 e. The van der Waals surface area contributed by atoms with Crippen LogP contribution in [0.25, 0.3) is 0 Å². The molecule has 0 saturated carbocycles. The van der Waals surface area contributed by atoms with Crippen molar-refractivity contribution in [2.45, 2.75) is 31.9 Å². The number of nitrogens with two attached hydrogens (primary N) is 1. The van der Waals surface area contributed by atoms with Crippen molar-refractivity contribution in [1.29, 1.82) is 0 Å².